The average Bonchev–Trinajstić information content (AvgIpc) is 3.20. The summed E-state index contributed by atoms with van der Waals surface area (Å²) >= 11 is 0. The van der Waals surface area contributed by atoms with Crippen molar-refractivity contribution in [3.63, 3.8) is 0 Å². The van der Waals surface area contributed by atoms with Crippen LogP contribution >= 0.6 is 29.5 Å². The van der Waals surface area contributed by atoms with Gasteiger partial charge in [-0.1, -0.05) is 209 Å². The molecule has 0 rings (SSSR count). The van der Waals surface area contributed by atoms with Gasteiger partial charge in [-0.05, 0) is 101 Å². The van der Waals surface area contributed by atoms with Crippen LogP contribution in [0.1, 0.15) is 261 Å². The number of hydrogen-bond acceptors (Lipinski definition) is 8. The van der Waals surface area contributed by atoms with Crippen LogP contribution in [0.25, 0.3) is 0 Å². The van der Waals surface area contributed by atoms with Crippen molar-refractivity contribution in [3.8, 4) is 0 Å². The Morgan fingerprint density at radius 3 is 0.393 bits per heavy atom. The van der Waals surface area contributed by atoms with Gasteiger partial charge in [0.1, 0.15) is 0 Å². The molecule has 0 N–H and O–H groups in total. The van der Waals surface area contributed by atoms with E-state index in [1.165, 1.54) is 51.4 Å². The second kappa shape index (κ2) is 52.4. The van der Waals surface area contributed by atoms with Crippen molar-refractivity contribution in [2.75, 3.05) is 49.3 Å². The molecule has 0 aromatic rings. The molecule has 0 heterocycles. The molecular formula is C48H104O8P4Ti. The van der Waals surface area contributed by atoms with Gasteiger partial charge in [0.2, 0.25) is 0 Å². The molecule has 0 spiro atoms. The number of unbranched alkanes of at least 4 members (excludes halogenated alkanes) is 24. The molecular weight excluding hydrogens is 876 g/mol. The first-order chi connectivity index (χ1) is 28.5. The van der Waals surface area contributed by atoms with E-state index in [1.54, 1.807) is 0 Å². The molecule has 368 valence electrons. The normalized spacial score (nSPS) is 11.7. The quantitative estimate of drug-likeness (QED) is 0.0333. The van der Waals surface area contributed by atoms with Crippen molar-refractivity contribution in [2.45, 2.75) is 261 Å². The Kier molecular flexibility index (Phi) is 61.4. The Hall–Kier alpha value is 1.47. The second-order valence-corrected chi connectivity index (χ2v) is 27.6. The molecule has 0 unspecified atom stereocenters. The number of rotatable bonds is 40. The summed E-state index contributed by atoms with van der Waals surface area (Å²) in [6.07, 6.45) is 37.5. The molecule has 61 heavy (non-hydrogen) atoms. The van der Waals surface area contributed by atoms with Gasteiger partial charge in [0, 0.05) is 29.5 Å². The van der Waals surface area contributed by atoms with E-state index in [9.17, 15) is 37.8 Å². The summed E-state index contributed by atoms with van der Waals surface area (Å²) in [6.45, 7) is 17.1. The fourth-order valence-corrected chi connectivity index (χ4v) is 13.2. The Bertz CT molecular complexity index is 825. The fourth-order valence-electron chi connectivity index (χ4n) is 6.68. The molecule has 0 fully saturated rings. The molecule has 0 aliphatic carbocycles. The van der Waals surface area contributed by atoms with Crippen LogP contribution in [0, 0.1) is 0 Å². The summed E-state index contributed by atoms with van der Waals surface area (Å²) in [7, 11) is -12.1. The average molecular weight is 981 g/mol. The van der Waals surface area contributed by atoms with Crippen molar-refractivity contribution in [1.29, 1.82) is 0 Å². The molecule has 13 heteroatoms. The van der Waals surface area contributed by atoms with Crippen LogP contribution in [0.4, 0.5) is 0 Å². The minimum Gasteiger partial charge on any atom is -0.799 e. The minimum atomic E-state index is -3.02. The fraction of sp³-hybridized carbons (Fsp3) is 1.00. The van der Waals surface area contributed by atoms with Gasteiger partial charge in [0.05, 0.1) is 0 Å². The molecule has 0 saturated heterocycles. The van der Waals surface area contributed by atoms with E-state index in [0.717, 1.165) is 154 Å². The van der Waals surface area contributed by atoms with Gasteiger partial charge in [-0.2, -0.15) is 0 Å². The molecule has 0 atom stereocenters. The largest absolute Gasteiger partial charge is 4.00 e. The van der Waals surface area contributed by atoms with Crippen LogP contribution in [0.5, 0.6) is 0 Å². The first kappa shape index (κ1) is 71.5. The summed E-state index contributed by atoms with van der Waals surface area (Å²) in [4.78, 5) is 46.3. The Labute approximate surface area is 397 Å². The molecule has 0 aromatic heterocycles. The molecule has 0 aliphatic heterocycles. The van der Waals surface area contributed by atoms with Gasteiger partial charge >= 0.3 is 21.7 Å². The Morgan fingerprint density at radius 2 is 0.311 bits per heavy atom. The summed E-state index contributed by atoms with van der Waals surface area (Å²) < 4.78 is 46.3. The maximum Gasteiger partial charge on any atom is 4.00 e. The summed E-state index contributed by atoms with van der Waals surface area (Å²) in [5.74, 6) is 0. The predicted molar refractivity (Wildman–Crippen MR) is 262 cm³/mol. The van der Waals surface area contributed by atoms with Crippen LogP contribution in [0.15, 0.2) is 0 Å². The van der Waals surface area contributed by atoms with Crippen molar-refractivity contribution in [3.05, 3.63) is 0 Å². The van der Waals surface area contributed by atoms with E-state index in [4.69, 9.17) is 0 Å². The minimum absolute atomic E-state index is 0. The standard InChI is InChI=1S/4C12H27O2P.Ti/c4*1-3-5-7-9-11-15(13,14)12-10-8-6-4-2;/h4*3-12H2,1-2H3,(H,13,14);/q;;;;+4/p-4. The topological polar surface area (TPSA) is 161 Å². The molecule has 0 radical (unpaired) electrons. The van der Waals surface area contributed by atoms with Crippen molar-refractivity contribution in [1.82, 2.24) is 0 Å². The zero-order valence-corrected chi connectivity index (χ0v) is 47.0. The van der Waals surface area contributed by atoms with E-state index in [1.807, 2.05) is 0 Å². The smallest absolute Gasteiger partial charge is 0.799 e. The maximum absolute atomic E-state index is 11.6. The van der Waals surface area contributed by atoms with Crippen LogP contribution < -0.4 is 19.6 Å². The third kappa shape index (κ3) is 65.8. The van der Waals surface area contributed by atoms with Gasteiger partial charge in [0.25, 0.3) is 0 Å². The first-order valence-corrected chi connectivity index (χ1v) is 33.6. The van der Waals surface area contributed by atoms with E-state index in [-0.39, 0.29) is 21.7 Å². The first-order valence-electron chi connectivity index (χ1n) is 25.6. The summed E-state index contributed by atoms with van der Waals surface area (Å²) in [6, 6.07) is 0. The molecule has 8 nitrogen and oxygen atoms in total. The van der Waals surface area contributed by atoms with Gasteiger partial charge in [-0.25, -0.2) is 0 Å². The molecule has 0 bridgehead atoms. The van der Waals surface area contributed by atoms with E-state index < -0.39 is 29.5 Å². The number of hydrogen-bond donors (Lipinski definition) is 0. The van der Waals surface area contributed by atoms with Gasteiger partial charge in [-0.15, -0.1) is 0 Å². The Morgan fingerprint density at radius 1 is 0.213 bits per heavy atom. The van der Waals surface area contributed by atoms with Crippen molar-refractivity contribution >= 4 is 29.5 Å². The van der Waals surface area contributed by atoms with E-state index in [0.29, 0.717) is 49.3 Å². The van der Waals surface area contributed by atoms with Crippen molar-refractivity contribution < 1.29 is 59.6 Å². The monoisotopic (exact) mass is 981 g/mol. The van der Waals surface area contributed by atoms with Crippen LogP contribution in [0.2, 0.25) is 0 Å². The van der Waals surface area contributed by atoms with Gasteiger partial charge < -0.3 is 37.8 Å². The predicted octanol–water partition coefficient (Wildman–Crippen LogP) is 15.1. The second-order valence-electron chi connectivity index (χ2n) is 17.5. The zero-order valence-electron chi connectivity index (χ0n) is 41.8. The SMILES string of the molecule is CCCCCCP(=O)([O-])CCCCCC.CCCCCCP(=O)([O-])CCCCCC.CCCCCCP(=O)([O-])CCCCCC.CCCCCCP(=O)([O-])CCCCCC.[Ti+4]. The zero-order chi connectivity index (χ0) is 46.3. The third-order valence-electron chi connectivity index (χ3n) is 10.8. The molecule has 0 saturated carbocycles. The molecule has 0 amide bonds. The maximum atomic E-state index is 11.6. The van der Waals surface area contributed by atoms with Gasteiger partial charge in [0.15, 0.2) is 0 Å². The van der Waals surface area contributed by atoms with Crippen molar-refractivity contribution in [2.24, 2.45) is 0 Å². The molecule has 0 aliphatic rings. The summed E-state index contributed by atoms with van der Waals surface area (Å²) in [5.41, 5.74) is 0. The molecule has 0 aromatic carbocycles. The van der Waals surface area contributed by atoms with E-state index in [2.05, 4.69) is 55.4 Å². The Balaban J connectivity index is -0.000000227. The summed E-state index contributed by atoms with van der Waals surface area (Å²) in [5, 5.41) is 0. The van der Waals surface area contributed by atoms with Gasteiger partial charge in [-0.3, -0.25) is 0 Å². The van der Waals surface area contributed by atoms with Crippen LogP contribution in [-0.2, 0) is 40.0 Å². The van der Waals surface area contributed by atoms with E-state index >= 15 is 0 Å². The third-order valence-corrected chi connectivity index (χ3v) is 18.8. The van der Waals surface area contributed by atoms with Crippen LogP contribution in [0.3, 0.4) is 0 Å². The van der Waals surface area contributed by atoms with Crippen LogP contribution in [-0.4, -0.2) is 49.3 Å².